The van der Waals surface area contributed by atoms with Crippen LogP contribution in [0.25, 0.3) is 0 Å². The van der Waals surface area contributed by atoms with E-state index in [2.05, 4.69) is 83.8 Å². The first-order chi connectivity index (χ1) is 14.9. The van der Waals surface area contributed by atoms with Gasteiger partial charge in [-0.25, -0.2) is 0 Å². The molecule has 0 radical (unpaired) electrons. The monoisotopic (exact) mass is 401 g/mol. The topological polar surface area (TPSA) is 21.7 Å². The highest BCUT2D eigenvalue weighted by atomic mass is 16.5. The first-order valence-electron chi connectivity index (χ1n) is 10.9. The standard InChI is InChI=1S/C27H31NO2/c1-4-11-23(12-5-1)19-28-18-10-17-27(30-21-25-15-8-3-9-16-25)26(28)22-29-20-24-13-6-2-7-14-24/h1-9,11-16,26-27H,10,17-22H2/t26-,27+/m0/s1. The van der Waals surface area contributed by atoms with E-state index in [0.29, 0.717) is 19.8 Å². The van der Waals surface area contributed by atoms with E-state index in [1.807, 2.05) is 12.1 Å². The van der Waals surface area contributed by atoms with Gasteiger partial charge in [0.05, 0.1) is 32.0 Å². The second-order valence-electron chi connectivity index (χ2n) is 8.00. The van der Waals surface area contributed by atoms with Crippen LogP contribution in [0.5, 0.6) is 0 Å². The summed E-state index contributed by atoms with van der Waals surface area (Å²) >= 11 is 0. The van der Waals surface area contributed by atoms with Gasteiger partial charge in [0.15, 0.2) is 0 Å². The van der Waals surface area contributed by atoms with E-state index in [0.717, 1.165) is 25.9 Å². The van der Waals surface area contributed by atoms with Gasteiger partial charge in [-0.1, -0.05) is 91.0 Å². The molecule has 1 aliphatic rings. The van der Waals surface area contributed by atoms with E-state index in [4.69, 9.17) is 9.47 Å². The van der Waals surface area contributed by atoms with E-state index in [-0.39, 0.29) is 12.1 Å². The fourth-order valence-electron chi connectivity index (χ4n) is 4.16. The average Bonchev–Trinajstić information content (AvgIpc) is 2.81. The Morgan fingerprint density at radius 1 is 0.700 bits per heavy atom. The summed E-state index contributed by atoms with van der Waals surface area (Å²) in [4.78, 5) is 2.54. The summed E-state index contributed by atoms with van der Waals surface area (Å²) in [6, 6.07) is 31.8. The van der Waals surface area contributed by atoms with E-state index in [1.54, 1.807) is 0 Å². The molecule has 0 aliphatic carbocycles. The van der Waals surface area contributed by atoms with Crippen LogP contribution in [-0.2, 0) is 29.2 Å². The summed E-state index contributed by atoms with van der Waals surface area (Å²) < 4.78 is 12.6. The third-order valence-corrected chi connectivity index (χ3v) is 5.77. The molecule has 1 heterocycles. The molecule has 0 amide bonds. The summed E-state index contributed by atoms with van der Waals surface area (Å²) in [5, 5.41) is 0. The third kappa shape index (κ3) is 6.02. The average molecular weight is 402 g/mol. The molecule has 0 bridgehead atoms. The highest BCUT2D eigenvalue weighted by Gasteiger charge is 2.32. The summed E-state index contributed by atoms with van der Waals surface area (Å²) in [7, 11) is 0. The number of nitrogens with zero attached hydrogens (tertiary/aromatic N) is 1. The largest absolute Gasteiger partial charge is 0.375 e. The smallest absolute Gasteiger partial charge is 0.0757 e. The fourth-order valence-corrected chi connectivity index (χ4v) is 4.16. The predicted octanol–water partition coefficient (Wildman–Crippen LogP) is 5.45. The van der Waals surface area contributed by atoms with Gasteiger partial charge in [0.2, 0.25) is 0 Å². The Labute approximate surface area is 180 Å². The molecule has 0 saturated carbocycles. The van der Waals surface area contributed by atoms with E-state index >= 15 is 0 Å². The molecule has 30 heavy (non-hydrogen) atoms. The van der Waals surface area contributed by atoms with Crippen LogP contribution in [0.1, 0.15) is 29.5 Å². The molecule has 1 fully saturated rings. The van der Waals surface area contributed by atoms with Crippen molar-refractivity contribution in [2.45, 2.75) is 44.7 Å². The minimum Gasteiger partial charge on any atom is -0.375 e. The molecule has 1 aliphatic heterocycles. The van der Waals surface area contributed by atoms with Crippen molar-refractivity contribution in [1.29, 1.82) is 0 Å². The lowest BCUT2D eigenvalue weighted by molar-refractivity contribution is -0.0827. The van der Waals surface area contributed by atoms with Gasteiger partial charge in [0.25, 0.3) is 0 Å². The molecule has 1 saturated heterocycles. The highest BCUT2D eigenvalue weighted by Crippen LogP contribution is 2.24. The molecule has 2 atom stereocenters. The minimum atomic E-state index is 0.179. The summed E-state index contributed by atoms with van der Waals surface area (Å²) in [5.41, 5.74) is 3.78. The molecule has 3 aromatic carbocycles. The van der Waals surface area contributed by atoms with Crippen molar-refractivity contribution in [3.63, 3.8) is 0 Å². The zero-order valence-electron chi connectivity index (χ0n) is 17.5. The number of ether oxygens (including phenoxy) is 2. The van der Waals surface area contributed by atoms with E-state index in [1.165, 1.54) is 16.7 Å². The predicted molar refractivity (Wildman–Crippen MR) is 121 cm³/mol. The van der Waals surface area contributed by atoms with Gasteiger partial charge in [-0.3, -0.25) is 4.90 Å². The Morgan fingerprint density at radius 3 is 1.90 bits per heavy atom. The molecule has 3 aromatic rings. The number of rotatable bonds is 9. The molecular formula is C27H31NO2. The fraction of sp³-hybridized carbons (Fsp3) is 0.333. The van der Waals surface area contributed by atoms with E-state index in [9.17, 15) is 0 Å². The van der Waals surface area contributed by atoms with E-state index < -0.39 is 0 Å². The lowest BCUT2D eigenvalue weighted by Gasteiger charge is -2.41. The van der Waals surface area contributed by atoms with Crippen LogP contribution >= 0.6 is 0 Å². The molecule has 0 N–H and O–H groups in total. The number of hydrogen-bond acceptors (Lipinski definition) is 3. The van der Waals surface area contributed by atoms with Gasteiger partial charge in [0.1, 0.15) is 0 Å². The Hall–Kier alpha value is -2.46. The molecule has 0 aromatic heterocycles. The third-order valence-electron chi connectivity index (χ3n) is 5.77. The Bertz CT molecular complexity index is 854. The number of benzene rings is 3. The number of hydrogen-bond donors (Lipinski definition) is 0. The first kappa shape index (κ1) is 20.8. The molecular weight excluding hydrogens is 370 g/mol. The van der Waals surface area contributed by atoms with Crippen molar-refractivity contribution < 1.29 is 9.47 Å². The maximum absolute atomic E-state index is 6.43. The summed E-state index contributed by atoms with van der Waals surface area (Å²) in [5.74, 6) is 0. The van der Waals surface area contributed by atoms with Crippen LogP contribution in [0.15, 0.2) is 91.0 Å². The molecule has 3 nitrogen and oxygen atoms in total. The van der Waals surface area contributed by atoms with Crippen molar-refractivity contribution in [3.8, 4) is 0 Å². The lowest BCUT2D eigenvalue weighted by Crippen LogP contribution is -2.51. The number of piperidine rings is 1. The summed E-state index contributed by atoms with van der Waals surface area (Å²) in [6.07, 6.45) is 2.41. The van der Waals surface area contributed by atoms with Crippen molar-refractivity contribution in [2.24, 2.45) is 0 Å². The lowest BCUT2D eigenvalue weighted by atomic mass is 9.98. The van der Waals surface area contributed by atoms with Crippen LogP contribution in [-0.4, -0.2) is 30.2 Å². The zero-order valence-corrected chi connectivity index (χ0v) is 17.5. The van der Waals surface area contributed by atoms with Crippen LogP contribution in [0.2, 0.25) is 0 Å². The molecule has 4 rings (SSSR count). The van der Waals surface area contributed by atoms with Gasteiger partial charge in [-0.2, -0.15) is 0 Å². The second-order valence-corrected chi connectivity index (χ2v) is 8.00. The van der Waals surface area contributed by atoms with Crippen LogP contribution in [0.4, 0.5) is 0 Å². The van der Waals surface area contributed by atoms with Gasteiger partial charge in [-0.05, 0) is 36.1 Å². The van der Waals surface area contributed by atoms with Gasteiger partial charge < -0.3 is 9.47 Å². The zero-order chi connectivity index (χ0) is 20.4. The normalized spacial score (nSPS) is 19.6. The molecule has 0 unspecified atom stereocenters. The van der Waals surface area contributed by atoms with Crippen LogP contribution < -0.4 is 0 Å². The molecule has 0 spiro atoms. The Balaban J connectivity index is 1.42. The maximum atomic E-state index is 6.43. The van der Waals surface area contributed by atoms with Gasteiger partial charge in [-0.15, -0.1) is 0 Å². The number of likely N-dealkylation sites (tertiary alicyclic amines) is 1. The van der Waals surface area contributed by atoms with Crippen molar-refractivity contribution >= 4 is 0 Å². The molecule has 156 valence electrons. The van der Waals surface area contributed by atoms with Crippen LogP contribution in [0, 0.1) is 0 Å². The van der Waals surface area contributed by atoms with Gasteiger partial charge >= 0.3 is 0 Å². The van der Waals surface area contributed by atoms with Crippen molar-refractivity contribution in [2.75, 3.05) is 13.2 Å². The molecule has 3 heteroatoms. The SMILES string of the molecule is c1ccc(COC[C@H]2[C@H](OCc3ccccc3)CCCN2Cc2ccccc2)cc1. The van der Waals surface area contributed by atoms with Crippen molar-refractivity contribution in [3.05, 3.63) is 108 Å². The van der Waals surface area contributed by atoms with Gasteiger partial charge in [0, 0.05) is 6.54 Å². The highest BCUT2D eigenvalue weighted by molar-refractivity contribution is 5.16. The van der Waals surface area contributed by atoms with Crippen LogP contribution in [0.3, 0.4) is 0 Å². The second kappa shape index (κ2) is 11.1. The minimum absolute atomic E-state index is 0.179. The summed E-state index contributed by atoms with van der Waals surface area (Å²) in [6.45, 7) is 3.99. The first-order valence-corrected chi connectivity index (χ1v) is 10.9. The maximum Gasteiger partial charge on any atom is 0.0757 e. The quantitative estimate of drug-likeness (QED) is 0.476. The Morgan fingerprint density at radius 2 is 1.27 bits per heavy atom. The Kier molecular flexibility index (Phi) is 7.68. The van der Waals surface area contributed by atoms with Crippen molar-refractivity contribution in [1.82, 2.24) is 4.90 Å².